The fourth-order valence-electron chi connectivity index (χ4n) is 2.66. The number of nitrogens with zero attached hydrogens (tertiary/aromatic N) is 6. The van der Waals surface area contributed by atoms with Crippen LogP contribution >= 0.6 is 0 Å². The highest BCUT2D eigenvalue weighted by molar-refractivity contribution is 7.89. The van der Waals surface area contributed by atoms with E-state index < -0.39 is 10.0 Å². The Balaban J connectivity index is 1.72. The second-order valence-corrected chi connectivity index (χ2v) is 7.86. The maximum absolute atomic E-state index is 12.7. The predicted molar refractivity (Wildman–Crippen MR) is 89.3 cm³/mol. The predicted octanol–water partition coefficient (Wildman–Crippen LogP) is 0.0553. The van der Waals surface area contributed by atoms with E-state index in [-0.39, 0.29) is 23.2 Å². The number of aryl methyl sites for hydroxylation is 2. The average Bonchev–Trinajstić information content (AvgIpc) is 2.88. The van der Waals surface area contributed by atoms with Crippen molar-refractivity contribution in [2.24, 2.45) is 7.05 Å². The van der Waals surface area contributed by atoms with Gasteiger partial charge in [-0.25, -0.2) is 18.4 Å². The zero-order valence-corrected chi connectivity index (χ0v) is 15.0. The molecule has 0 saturated carbocycles. The van der Waals surface area contributed by atoms with Crippen molar-refractivity contribution in [3.63, 3.8) is 0 Å². The van der Waals surface area contributed by atoms with Gasteiger partial charge in [-0.1, -0.05) is 0 Å². The molecular formula is C15H20N6O3S. The molecule has 0 spiro atoms. The third-order valence-corrected chi connectivity index (χ3v) is 5.81. The van der Waals surface area contributed by atoms with Gasteiger partial charge in [0, 0.05) is 45.6 Å². The number of aromatic nitrogens is 4. The topological polar surface area (TPSA) is 101 Å². The number of carbonyl (C=O) groups is 1. The Morgan fingerprint density at radius 2 is 1.88 bits per heavy atom. The lowest BCUT2D eigenvalue weighted by Gasteiger charge is -2.21. The Bertz CT molecular complexity index is 862. The highest BCUT2D eigenvalue weighted by atomic mass is 32.2. The van der Waals surface area contributed by atoms with Crippen molar-refractivity contribution in [1.29, 1.82) is 0 Å². The van der Waals surface area contributed by atoms with Crippen LogP contribution in [0.3, 0.4) is 0 Å². The molecule has 0 N–H and O–H groups in total. The molecule has 1 fully saturated rings. The van der Waals surface area contributed by atoms with Crippen molar-refractivity contribution >= 4 is 15.9 Å². The van der Waals surface area contributed by atoms with Crippen LogP contribution < -0.4 is 0 Å². The molecule has 25 heavy (non-hydrogen) atoms. The van der Waals surface area contributed by atoms with Crippen LogP contribution in [0.4, 0.5) is 0 Å². The maximum atomic E-state index is 12.7. The summed E-state index contributed by atoms with van der Waals surface area (Å²) in [7, 11) is -1.93. The second kappa shape index (κ2) is 6.89. The molecule has 1 aliphatic rings. The Kier molecular flexibility index (Phi) is 4.82. The van der Waals surface area contributed by atoms with Gasteiger partial charge in [0.15, 0.2) is 5.03 Å². The van der Waals surface area contributed by atoms with Crippen molar-refractivity contribution < 1.29 is 13.2 Å². The van der Waals surface area contributed by atoms with Gasteiger partial charge in [-0.3, -0.25) is 9.78 Å². The first-order valence-corrected chi connectivity index (χ1v) is 9.38. The summed E-state index contributed by atoms with van der Waals surface area (Å²) in [5.74, 6) is -0.232. The van der Waals surface area contributed by atoms with E-state index in [0.717, 1.165) is 5.69 Å². The molecular weight excluding hydrogens is 344 g/mol. The van der Waals surface area contributed by atoms with Gasteiger partial charge < -0.3 is 9.47 Å². The van der Waals surface area contributed by atoms with Gasteiger partial charge in [0.2, 0.25) is 0 Å². The van der Waals surface area contributed by atoms with Crippen LogP contribution in [-0.2, 0) is 17.1 Å². The van der Waals surface area contributed by atoms with Crippen molar-refractivity contribution in [3.8, 4) is 0 Å². The summed E-state index contributed by atoms with van der Waals surface area (Å²) < 4.78 is 28.3. The first kappa shape index (κ1) is 17.5. The van der Waals surface area contributed by atoms with E-state index in [1.807, 2.05) is 0 Å². The van der Waals surface area contributed by atoms with E-state index in [1.54, 1.807) is 29.6 Å². The normalized spacial score (nSPS) is 16.6. The number of hydrogen-bond donors (Lipinski definition) is 0. The zero-order valence-electron chi connectivity index (χ0n) is 14.2. The fraction of sp³-hybridized carbons (Fsp3) is 0.467. The third kappa shape index (κ3) is 3.69. The lowest BCUT2D eigenvalue weighted by Crippen LogP contribution is -2.37. The minimum absolute atomic E-state index is 0.0270. The van der Waals surface area contributed by atoms with Crippen LogP contribution in [0.2, 0.25) is 0 Å². The van der Waals surface area contributed by atoms with Gasteiger partial charge in [-0.2, -0.15) is 4.31 Å². The number of hydrogen-bond acceptors (Lipinski definition) is 6. The van der Waals surface area contributed by atoms with Gasteiger partial charge >= 0.3 is 0 Å². The molecule has 1 amide bonds. The summed E-state index contributed by atoms with van der Waals surface area (Å²) >= 11 is 0. The minimum atomic E-state index is -3.65. The van der Waals surface area contributed by atoms with Crippen LogP contribution in [0.25, 0.3) is 0 Å². The molecule has 0 aliphatic carbocycles. The summed E-state index contributed by atoms with van der Waals surface area (Å²) in [6.07, 6.45) is 6.48. The number of carbonyl (C=O) groups excluding carboxylic acids is 1. The molecule has 2 aromatic rings. The van der Waals surface area contributed by atoms with E-state index in [0.29, 0.717) is 26.1 Å². The van der Waals surface area contributed by atoms with Crippen LogP contribution in [0, 0.1) is 6.92 Å². The average molecular weight is 364 g/mol. The van der Waals surface area contributed by atoms with E-state index >= 15 is 0 Å². The largest absolute Gasteiger partial charge is 0.339 e. The summed E-state index contributed by atoms with van der Waals surface area (Å²) in [4.78, 5) is 26.3. The molecule has 3 rings (SSSR count). The number of imidazole rings is 1. The van der Waals surface area contributed by atoms with Crippen LogP contribution in [-0.4, -0.2) is 69.2 Å². The first-order chi connectivity index (χ1) is 11.9. The molecule has 10 heteroatoms. The Morgan fingerprint density at radius 1 is 1.08 bits per heavy atom. The fourth-order valence-corrected chi connectivity index (χ4v) is 4.09. The molecule has 0 bridgehead atoms. The molecule has 9 nitrogen and oxygen atoms in total. The van der Waals surface area contributed by atoms with Crippen molar-refractivity contribution in [3.05, 3.63) is 36.3 Å². The molecule has 0 unspecified atom stereocenters. The van der Waals surface area contributed by atoms with Crippen molar-refractivity contribution in [2.75, 3.05) is 26.2 Å². The third-order valence-electron chi connectivity index (χ3n) is 4.03. The Morgan fingerprint density at radius 3 is 2.52 bits per heavy atom. The maximum Gasteiger partial charge on any atom is 0.274 e. The molecule has 1 saturated heterocycles. The standard InChI is InChI=1S/C15H20N6O3S/c1-12-8-17-13(9-16-12)15(22)20-4-3-5-21(7-6-20)25(23,24)14-10-19(2)11-18-14/h8-11H,3-7H2,1-2H3. The molecule has 0 atom stereocenters. The van der Waals surface area contributed by atoms with Gasteiger partial charge in [-0.05, 0) is 13.3 Å². The number of rotatable bonds is 3. The lowest BCUT2D eigenvalue weighted by molar-refractivity contribution is 0.0758. The summed E-state index contributed by atoms with van der Waals surface area (Å²) in [6, 6.07) is 0. The quantitative estimate of drug-likeness (QED) is 0.763. The van der Waals surface area contributed by atoms with Crippen LogP contribution in [0.15, 0.2) is 29.9 Å². The van der Waals surface area contributed by atoms with Crippen molar-refractivity contribution in [1.82, 2.24) is 28.7 Å². The minimum Gasteiger partial charge on any atom is -0.339 e. The van der Waals surface area contributed by atoms with Gasteiger partial charge in [0.25, 0.3) is 15.9 Å². The Labute approximate surface area is 146 Å². The van der Waals surface area contributed by atoms with Gasteiger partial charge in [0.1, 0.15) is 5.69 Å². The molecule has 1 aliphatic heterocycles. The van der Waals surface area contributed by atoms with Crippen LogP contribution in [0.5, 0.6) is 0 Å². The summed E-state index contributed by atoms with van der Waals surface area (Å²) in [5.41, 5.74) is 1.01. The molecule has 3 heterocycles. The van der Waals surface area contributed by atoms with Gasteiger partial charge in [0.05, 0.1) is 18.2 Å². The molecule has 0 aromatic carbocycles. The SMILES string of the molecule is Cc1cnc(C(=O)N2CCCN(S(=O)(=O)c3cn(C)cn3)CC2)cn1. The highest BCUT2D eigenvalue weighted by Gasteiger charge is 2.30. The number of sulfonamides is 1. The highest BCUT2D eigenvalue weighted by Crippen LogP contribution is 2.16. The smallest absolute Gasteiger partial charge is 0.274 e. The van der Waals surface area contributed by atoms with E-state index in [1.165, 1.54) is 23.0 Å². The van der Waals surface area contributed by atoms with E-state index in [4.69, 9.17) is 0 Å². The van der Waals surface area contributed by atoms with Gasteiger partial charge in [-0.15, -0.1) is 0 Å². The molecule has 0 radical (unpaired) electrons. The van der Waals surface area contributed by atoms with E-state index in [9.17, 15) is 13.2 Å². The van der Waals surface area contributed by atoms with Crippen molar-refractivity contribution in [2.45, 2.75) is 18.4 Å². The second-order valence-electron chi connectivity index (χ2n) is 5.97. The summed E-state index contributed by atoms with van der Waals surface area (Å²) in [5, 5.41) is 0.0270. The first-order valence-electron chi connectivity index (χ1n) is 7.94. The summed E-state index contributed by atoms with van der Waals surface area (Å²) in [6.45, 7) is 3.16. The van der Waals surface area contributed by atoms with E-state index in [2.05, 4.69) is 15.0 Å². The molecule has 2 aromatic heterocycles. The molecule has 134 valence electrons. The van der Waals surface area contributed by atoms with Crippen LogP contribution in [0.1, 0.15) is 22.6 Å². The Hall–Kier alpha value is -2.33. The monoisotopic (exact) mass is 364 g/mol. The zero-order chi connectivity index (χ0) is 18.0. The lowest BCUT2D eigenvalue weighted by atomic mass is 10.3. The number of amides is 1.